The second-order valence-electron chi connectivity index (χ2n) is 6.08. The number of fused-ring (bicyclic) bond motifs is 2. The first-order valence-electron chi connectivity index (χ1n) is 7.32. The molecule has 2 N–H and O–H groups in total. The van der Waals surface area contributed by atoms with Gasteiger partial charge in [0.25, 0.3) is 0 Å². The van der Waals surface area contributed by atoms with Crippen LogP contribution in [0, 0.1) is 17.8 Å². The Labute approximate surface area is 124 Å². The lowest BCUT2D eigenvalue weighted by Gasteiger charge is -2.30. The van der Waals surface area contributed by atoms with Crippen molar-refractivity contribution < 1.29 is 9.90 Å². The highest BCUT2D eigenvalue weighted by Gasteiger charge is 2.47. The van der Waals surface area contributed by atoms with Crippen LogP contribution in [0.1, 0.15) is 24.8 Å². The predicted molar refractivity (Wildman–Crippen MR) is 78.5 cm³/mol. The molecule has 2 bridgehead atoms. The molecule has 0 aliphatic heterocycles. The van der Waals surface area contributed by atoms with Crippen LogP contribution in [0.25, 0.3) is 0 Å². The second kappa shape index (κ2) is 5.74. The van der Waals surface area contributed by atoms with E-state index in [4.69, 9.17) is 11.6 Å². The topological polar surface area (TPSA) is 49.3 Å². The van der Waals surface area contributed by atoms with Gasteiger partial charge in [-0.15, -0.1) is 0 Å². The summed E-state index contributed by atoms with van der Waals surface area (Å²) in [6, 6.07) is 7.54. The summed E-state index contributed by atoms with van der Waals surface area (Å²) in [6.07, 6.45) is 3.94. The number of carbonyl (C=O) groups is 1. The van der Waals surface area contributed by atoms with Gasteiger partial charge >= 0.3 is 0 Å². The molecule has 0 radical (unpaired) electrons. The van der Waals surface area contributed by atoms with Crippen molar-refractivity contribution in [1.82, 2.24) is 5.32 Å². The first kappa shape index (κ1) is 13.9. The van der Waals surface area contributed by atoms with Gasteiger partial charge in [0.05, 0.1) is 6.42 Å². The van der Waals surface area contributed by atoms with Gasteiger partial charge < -0.3 is 10.4 Å². The smallest absolute Gasteiger partial charge is 0.224 e. The summed E-state index contributed by atoms with van der Waals surface area (Å²) in [4.78, 5) is 12.2. The fourth-order valence-electron chi connectivity index (χ4n) is 3.92. The Bertz CT molecular complexity index is 488. The largest absolute Gasteiger partial charge is 0.396 e. The molecule has 0 saturated heterocycles. The Morgan fingerprint density at radius 2 is 1.95 bits per heavy atom. The van der Waals surface area contributed by atoms with Gasteiger partial charge in [0.15, 0.2) is 0 Å². The molecule has 3 nitrogen and oxygen atoms in total. The lowest BCUT2D eigenvalue weighted by molar-refractivity contribution is -0.122. The van der Waals surface area contributed by atoms with Crippen molar-refractivity contribution in [2.24, 2.45) is 17.8 Å². The summed E-state index contributed by atoms with van der Waals surface area (Å²) in [7, 11) is 0. The number of hydrogen-bond donors (Lipinski definition) is 2. The van der Waals surface area contributed by atoms with Crippen molar-refractivity contribution in [2.45, 2.75) is 31.7 Å². The van der Waals surface area contributed by atoms with Crippen LogP contribution in [0.15, 0.2) is 24.3 Å². The Kier molecular flexibility index (Phi) is 3.99. The van der Waals surface area contributed by atoms with Gasteiger partial charge in [-0.2, -0.15) is 0 Å². The highest BCUT2D eigenvalue weighted by molar-refractivity contribution is 6.30. The van der Waals surface area contributed by atoms with Crippen molar-refractivity contribution >= 4 is 17.5 Å². The maximum absolute atomic E-state index is 12.2. The SMILES string of the molecule is O=C(Cc1ccc(Cl)cc1)NC1C2CCC(C2)C1CO. The molecule has 1 amide bonds. The molecule has 2 aliphatic carbocycles. The molecule has 0 aromatic heterocycles. The summed E-state index contributed by atoms with van der Waals surface area (Å²) in [5.74, 6) is 1.46. The second-order valence-corrected chi connectivity index (χ2v) is 6.51. The van der Waals surface area contributed by atoms with Crippen LogP contribution < -0.4 is 5.32 Å². The van der Waals surface area contributed by atoms with Crippen molar-refractivity contribution in [2.75, 3.05) is 6.61 Å². The van der Waals surface area contributed by atoms with Crippen LogP contribution >= 0.6 is 11.6 Å². The number of rotatable bonds is 4. The first-order valence-corrected chi connectivity index (χ1v) is 7.70. The van der Waals surface area contributed by atoms with E-state index in [1.807, 2.05) is 12.1 Å². The van der Waals surface area contributed by atoms with E-state index in [9.17, 15) is 9.90 Å². The Balaban J connectivity index is 1.60. The molecule has 1 aromatic carbocycles. The van der Waals surface area contributed by atoms with Gasteiger partial charge in [-0.25, -0.2) is 0 Å². The maximum atomic E-state index is 12.2. The summed E-state index contributed by atoms with van der Waals surface area (Å²) < 4.78 is 0. The molecule has 108 valence electrons. The van der Waals surface area contributed by atoms with E-state index < -0.39 is 0 Å². The van der Waals surface area contributed by atoms with Gasteiger partial charge in [0.2, 0.25) is 5.91 Å². The molecule has 0 spiro atoms. The number of halogens is 1. The lowest BCUT2D eigenvalue weighted by Crippen LogP contribution is -2.45. The van der Waals surface area contributed by atoms with Crippen LogP contribution in [-0.4, -0.2) is 23.7 Å². The fourth-order valence-corrected chi connectivity index (χ4v) is 4.05. The zero-order valence-corrected chi connectivity index (χ0v) is 12.1. The molecule has 20 heavy (non-hydrogen) atoms. The highest BCUT2D eigenvalue weighted by Crippen LogP contribution is 2.48. The fraction of sp³-hybridized carbons (Fsp3) is 0.562. The molecule has 1 aromatic rings. The lowest BCUT2D eigenvalue weighted by atomic mass is 9.85. The molecular weight excluding hydrogens is 274 g/mol. The third-order valence-corrected chi connectivity index (χ3v) is 5.16. The van der Waals surface area contributed by atoms with Gasteiger partial charge in [-0.05, 0) is 48.8 Å². The van der Waals surface area contributed by atoms with Crippen molar-refractivity contribution in [3.05, 3.63) is 34.9 Å². The zero-order chi connectivity index (χ0) is 14.1. The van der Waals surface area contributed by atoms with Crippen LogP contribution in [0.5, 0.6) is 0 Å². The minimum absolute atomic E-state index is 0.0447. The molecule has 4 unspecified atom stereocenters. The number of carbonyl (C=O) groups excluding carboxylic acids is 1. The predicted octanol–water partition coefficient (Wildman–Crippen LogP) is 2.41. The normalized spacial score (nSPS) is 31.5. The number of aliphatic hydroxyl groups excluding tert-OH is 1. The van der Waals surface area contributed by atoms with Gasteiger partial charge in [-0.1, -0.05) is 23.7 Å². The summed E-state index contributed by atoms with van der Waals surface area (Å²) in [5, 5.41) is 13.4. The average Bonchev–Trinajstić information content (AvgIpc) is 3.02. The van der Waals surface area contributed by atoms with E-state index in [1.165, 1.54) is 12.8 Å². The number of nitrogens with one attached hydrogen (secondary N) is 1. The third kappa shape index (κ3) is 2.70. The molecule has 2 fully saturated rings. The van der Waals surface area contributed by atoms with Crippen LogP contribution in [0.2, 0.25) is 5.02 Å². The van der Waals surface area contributed by atoms with Crippen molar-refractivity contribution in [3.8, 4) is 0 Å². The zero-order valence-electron chi connectivity index (χ0n) is 11.4. The van der Waals surface area contributed by atoms with Gasteiger partial charge in [0.1, 0.15) is 0 Å². The van der Waals surface area contributed by atoms with E-state index >= 15 is 0 Å². The molecule has 2 aliphatic rings. The molecule has 0 heterocycles. The standard InChI is InChI=1S/C16H20ClNO2/c17-13-5-1-10(2-6-13)7-15(20)18-16-12-4-3-11(8-12)14(16)9-19/h1-2,5-6,11-12,14,16,19H,3-4,7-9H2,(H,18,20). The molecule has 3 rings (SSSR count). The minimum atomic E-state index is 0.0447. The summed E-state index contributed by atoms with van der Waals surface area (Å²) in [6.45, 7) is 0.188. The first-order chi connectivity index (χ1) is 9.67. The summed E-state index contributed by atoms with van der Waals surface area (Å²) in [5.41, 5.74) is 0.968. The van der Waals surface area contributed by atoms with Crippen LogP contribution in [-0.2, 0) is 11.2 Å². The van der Waals surface area contributed by atoms with E-state index in [0.717, 1.165) is 12.0 Å². The van der Waals surface area contributed by atoms with E-state index in [0.29, 0.717) is 23.3 Å². The Morgan fingerprint density at radius 1 is 1.25 bits per heavy atom. The van der Waals surface area contributed by atoms with Crippen molar-refractivity contribution in [1.29, 1.82) is 0 Å². The minimum Gasteiger partial charge on any atom is -0.396 e. The Morgan fingerprint density at radius 3 is 2.65 bits per heavy atom. The molecule has 4 heteroatoms. The number of amides is 1. The average molecular weight is 294 g/mol. The monoisotopic (exact) mass is 293 g/mol. The van der Waals surface area contributed by atoms with Gasteiger partial charge in [-0.3, -0.25) is 4.79 Å². The van der Waals surface area contributed by atoms with E-state index in [-0.39, 0.29) is 24.5 Å². The maximum Gasteiger partial charge on any atom is 0.224 e. The summed E-state index contributed by atoms with van der Waals surface area (Å²) >= 11 is 5.84. The van der Waals surface area contributed by atoms with Crippen LogP contribution in [0.3, 0.4) is 0 Å². The number of hydrogen-bond acceptors (Lipinski definition) is 2. The van der Waals surface area contributed by atoms with E-state index in [2.05, 4.69) is 5.32 Å². The van der Waals surface area contributed by atoms with Crippen LogP contribution in [0.4, 0.5) is 0 Å². The molecule has 2 saturated carbocycles. The van der Waals surface area contributed by atoms with E-state index in [1.54, 1.807) is 12.1 Å². The number of aliphatic hydroxyl groups is 1. The molecule has 4 atom stereocenters. The number of benzene rings is 1. The van der Waals surface area contributed by atoms with Crippen molar-refractivity contribution in [3.63, 3.8) is 0 Å². The quantitative estimate of drug-likeness (QED) is 0.896. The third-order valence-electron chi connectivity index (χ3n) is 4.90. The molecular formula is C16H20ClNO2. The highest BCUT2D eigenvalue weighted by atomic mass is 35.5. The Hall–Kier alpha value is -1.06. The van der Waals surface area contributed by atoms with Gasteiger partial charge in [0, 0.05) is 23.6 Å².